The minimum atomic E-state index is -0.384. The van der Waals surface area contributed by atoms with Crippen molar-refractivity contribution in [3.63, 3.8) is 0 Å². The van der Waals surface area contributed by atoms with Crippen molar-refractivity contribution in [3.8, 4) is 0 Å². The summed E-state index contributed by atoms with van der Waals surface area (Å²) in [6, 6.07) is 0.489. The number of nitrogens with zero attached hydrogens (tertiary/aromatic N) is 3. The summed E-state index contributed by atoms with van der Waals surface area (Å²) in [7, 11) is 0. The van der Waals surface area contributed by atoms with Crippen molar-refractivity contribution in [1.29, 1.82) is 0 Å². The van der Waals surface area contributed by atoms with Crippen LogP contribution in [0.15, 0.2) is 6.20 Å². The van der Waals surface area contributed by atoms with Crippen LogP contribution in [0, 0.1) is 5.92 Å². The molecule has 0 unspecified atom stereocenters. The van der Waals surface area contributed by atoms with E-state index < -0.39 is 0 Å². The molecule has 0 aliphatic heterocycles. The van der Waals surface area contributed by atoms with Crippen LogP contribution < -0.4 is 0 Å². The molecule has 0 spiro atoms. The second kappa shape index (κ2) is 7.74. The molecule has 20 heavy (non-hydrogen) atoms. The number of aromatic nitrogens is 3. The fourth-order valence-corrected chi connectivity index (χ4v) is 2.92. The molecule has 0 atom stereocenters. The van der Waals surface area contributed by atoms with Gasteiger partial charge in [0.05, 0.1) is 12.2 Å². The molecule has 0 aromatic carbocycles. The highest BCUT2D eigenvalue weighted by molar-refractivity contribution is 4.96. The highest BCUT2D eigenvalue weighted by Gasteiger charge is 2.24. The largest absolute Gasteiger partial charge is 0.347 e. The Bertz CT molecular complexity index is 380. The number of rotatable bonds is 7. The van der Waals surface area contributed by atoms with E-state index in [1.54, 1.807) is 0 Å². The molecule has 1 aliphatic rings. The van der Waals surface area contributed by atoms with Crippen molar-refractivity contribution in [2.24, 2.45) is 5.92 Å². The van der Waals surface area contributed by atoms with Crippen LogP contribution in [0.1, 0.15) is 70.9 Å². The Hall–Kier alpha value is -0.940. The lowest BCUT2D eigenvalue weighted by atomic mass is 9.85. The highest BCUT2D eigenvalue weighted by Crippen LogP contribution is 2.33. The van der Waals surface area contributed by atoms with Gasteiger partial charge in [-0.15, -0.1) is 5.10 Å². The average molecular weight is 281 g/mol. The second-order valence-electron chi connectivity index (χ2n) is 5.45. The van der Waals surface area contributed by atoms with E-state index in [1.165, 1.54) is 32.1 Å². The van der Waals surface area contributed by atoms with E-state index in [4.69, 9.17) is 9.47 Å². The summed E-state index contributed by atoms with van der Waals surface area (Å²) in [5, 5.41) is 8.51. The zero-order valence-electron chi connectivity index (χ0n) is 12.9. The van der Waals surface area contributed by atoms with Crippen molar-refractivity contribution in [2.75, 3.05) is 13.2 Å². The van der Waals surface area contributed by atoms with Gasteiger partial charge in [0, 0.05) is 13.2 Å². The van der Waals surface area contributed by atoms with Gasteiger partial charge in [-0.3, -0.25) is 0 Å². The second-order valence-corrected chi connectivity index (χ2v) is 5.45. The van der Waals surface area contributed by atoms with Gasteiger partial charge in [0.2, 0.25) is 6.29 Å². The van der Waals surface area contributed by atoms with Crippen LogP contribution in [0.25, 0.3) is 0 Å². The zero-order chi connectivity index (χ0) is 14.4. The van der Waals surface area contributed by atoms with Crippen LogP contribution in [-0.2, 0) is 9.47 Å². The highest BCUT2D eigenvalue weighted by atomic mass is 16.7. The normalized spacial score (nSPS) is 23.4. The van der Waals surface area contributed by atoms with Crippen LogP contribution in [0.5, 0.6) is 0 Å². The summed E-state index contributed by atoms with van der Waals surface area (Å²) >= 11 is 0. The minimum absolute atomic E-state index is 0.384. The molecular weight excluding hydrogens is 254 g/mol. The predicted octanol–water partition coefficient (Wildman–Crippen LogP) is 3.49. The van der Waals surface area contributed by atoms with Gasteiger partial charge < -0.3 is 9.47 Å². The lowest BCUT2D eigenvalue weighted by Gasteiger charge is -2.27. The topological polar surface area (TPSA) is 49.2 Å². The molecule has 1 aliphatic carbocycles. The van der Waals surface area contributed by atoms with Crippen molar-refractivity contribution in [2.45, 2.75) is 65.2 Å². The predicted molar refractivity (Wildman–Crippen MR) is 77.3 cm³/mol. The van der Waals surface area contributed by atoms with Crippen molar-refractivity contribution in [1.82, 2.24) is 15.0 Å². The zero-order valence-corrected chi connectivity index (χ0v) is 12.9. The molecule has 0 bridgehead atoms. The Morgan fingerprint density at radius 3 is 2.35 bits per heavy atom. The standard InChI is InChI=1S/C15H27N3O2/c1-4-12-7-9-13(10-8-12)18-11-14(16-17-18)15(19-5-2)20-6-3/h11-13,15H,4-10H2,1-3H3. The average Bonchev–Trinajstić information content (AvgIpc) is 2.97. The van der Waals surface area contributed by atoms with E-state index in [9.17, 15) is 0 Å². The van der Waals surface area contributed by atoms with Crippen molar-refractivity contribution in [3.05, 3.63) is 11.9 Å². The molecule has 0 amide bonds. The summed E-state index contributed by atoms with van der Waals surface area (Å²) < 4.78 is 13.1. The maximum atomic E-state index is 5.57. The van der Waals surface area contributed by atoms with Gasteiger partial charge in [0.1, 0.15) is 5.69 Å². The van der Waals surface area contributed by atoms with Gasteiger partial charge >= 0.3 is 0 Å². The first-order chi connectivity index (χ1) is 9.78. The Labute approximate surface area is 121 Å². The molecule has 1 saturated carbocycles. The first-order valence-electron chi connectivity index (χ1n) is 7.93. The Balaban J connectivity index is 1.97. The minimum Gasteiger partial charge on any atom is -0.347 e. The molecule has 0 saturated heterocycles. The Morgan fingerprint density at radius 1 is 1.15 bits per heavy atom. The third kappa shape index (κ3) is 3.79. The fourth-order valence-electron chi connectivity index (χ4n) is 2.92. The van der Waals surface area contributed by atoms with Gasteiger partial charge in [-0.2, -0.15) is 0 Å². The Kier molecular flexibility index (Phi) is 5.98. The molecule has 1 heterocycles. The number of ether oxygens (including phenoxy) is 2. The molecule has 5 nitrogen and oxygen atoms in total. The molecular formula is C15H27N3O2. The van der Waals surface area contributed by atoms with Crippen LogP contribution >= 0.6 is 0 Å². The number of hydrogen-bond acceptors (Lipinski definition) is 4. The number of hydrogen-bond donors (Lipinski definition) is 0. The molecule has 0 radical (unpaired) electrons. The molecule has 0 N–H and O–H groups in total. The van der Waals surface area contributed by atoms with Gasteiger partial charge in [0.25, 0.3) is 0 Å². The Morgan fingerprint density at radius 2 is 1.80 bits per heavy atom. The third-order valence-electron chi connectivity index (χ3n) is 4.17. The van der Waals surface area contributed by atoms with Crippen molar-refractivity contribution >= 4 is 0 Å². The smallest absolute Gasteiger partial charge is 0.204 e. The fraction of sp³-hybridized carbons (Fsp3) is 0.867. The van der Waals surface area contributed by atoms with E-state index in [0.29, 0.717) is 19.3 Å². The van der Waals surface area contributed by atoms with Crippen LogP contribution in [0.2, 0.25) is 0 Å². The van der Waals surface area contributed by atoms with E-state index in [-0.39, 0.29) is 6.29 Å². The SMILES string of the molecule is CCOC(OCC)c1cn(C2CCC(CC)CC2)nn1. The molecule has 1 fully saturated rings. The van der Waals surface area contributed by atoms with Gasteiger partial charge in [-0.05, 0) is 45.4 Å². The van der Waals surface area contributed by atoms with Crippen LogP contribution in [0.3, 0.4) is 0 Å². The molecule has 1 aromatic rings. The van der Waals surface area contributed by atoms with E-state index in [0.717, 1.165) is 11.6 Å². The van der Waals surface area contributed by atoms with Crippen LogP contribution in [-0.4, -0.2) is 28.2 Å². The van der Waals surface area contributed by atoms with Crippen LogP contribution in [0.4, 0.5) is 0 Å². The molecule has 1 aromatic heterocycles. The van der Waals surface area contributed by atoms with E-state index in [2.05, 4.69) is 17.2 Å². The summed E-state index contributed by atoms with van der Waals surface area (Å²) in [5.74, 6) is 0.897. The lowest BCUT2D eigenvalue weighted by molar-refractivity contribution is -0.142. The first-order valence-corrected chi connectivity index (χ1v) is 7.93. The molecule has 114 valence electrons. The van der Waals surface area contributed by atoms with Crippen molar-refractivity contribution < 1.29 is 9.47 Å². The van der Waals surface area contributed by atoms with E-state index in [1.807, 2.05) is 24.7 Å². The van der Waals surface area contributed by atoms with E-state index >= 15 is 0 Å². The summed E-state index contributed by atoms with van der Waals surface area (Å²) in [6.07, 6.45) is 7.92. The monoisotopic (exact) mass is 281 g/mol. The van der Waals surface area contributed by atoms with Gasteiger partial charge in [-0.25, -0.2) is 4.68 Å². The molecule has 5 heteroatoms. The van der Waals surface area contributed by atoms with Gasteiger partial charge in [0.15, 0.2) is 0 Å². The quantitative estimate of drug-likeness (QED) is 0.718. The maximum absolute atomic E-state index is 5.57. The summed E-state index contributed by atoms with van der Waals surface area (Å²) in [4.78, 5) is 0. The molecule has 2 rings (SSSR count). The van der Waals surface area contributed by atoms with Gasteiger partial charge in [-0.1, -0.05) is 18.6 Å². The summed E-state index contributed by atoms with van der Waals surface area (Å²) in [5.41, 5.74) is 0.784. The third-order valence-corrected chi connectivity index (χ3v) is 4.17. The summed E-state index contributed by atoms with van der Waals surface area (Å²) in [6.45, 7) is 7.43. The first kappa shape index (κ1) is 15.4. The maximum Gasteiger partial charge on any atom is 0.204 e. The lowest BCUT2D eigenvalue weighted by Crippen LogP contribution is -2.18.